The summed E-state index contributed by atoms with van der Waals surface area (Å²) >= 11 is 0. The number of halogens is 1. The molecule has 8 heteroatoms. The van der Waals surface area contributed by atoms with Crippen LogP contribution in [0, 0.1) is 0 Å². The number of carbonyl (C=O) groups is 1. The molecule has 0 bridgehead atoms. The fourth-order valence-electron chi connectivity index (χ4n) is 3.45. The number of amides is 1. The van der Waals surface area contributed by atoms with Crippen LogP contribution in [0.5, 0.6) is 0 Å². The minimum atomic E-state index is -0.612. The van der Waals surface area contributed by atoms with Crippen molar-refractivity contribution in [3.05, 3.63) is 0 Å². The zero-order valence-electron chi connectivity index (χ0n) is 15.5. The second kappa shape index (κ2) is 11.2. The number of aliphatic imine (C=N–C) groups is 1. The number of nitrogens with one attached hydrogen (secondary N) is 3. The average molecular weight is 467 g/mol. The van der Waals surface area contributed by atoms with Crippen molar-refractivity contribution < 1.29 is 9.90 Å². The fraction of sp³-hybridized carbons (Fsp3) is 0.882. The van der Waals surface area contributed by atoms with E-state index in [1.165, 1.54) is 0 Å². The van der Waals surface area contributed by atoms with Gasteiger partial charge in [0.1, 0.15) is 0 Å². The van der Waals surface area contributed by atoms with E-state index in [0.29, 0.717) is 19.1 Å². The summed E-state index contributed by atoms with van der Waals surface area (Å²) in [5, 5.41) is 19.9. The molecule has 1 heterocycles. The van der Waals surface area contributed by atoms with Crippen LogP contribution >= 0.6 is 24.0 Å². The van der Waals surface area contributed by atoms with Crippen molar-refractivity contribution in [2.24, 2.45) is 4.99 Å². The van der Waals surface area contributed by atoms with Crippen molar-refractivity contribution in [3.8, 4) is 0 Å². The van der Waals surface area contributed by atoms with Crippen LogP contribution in [-0.4, -0.2) is 73.3 Å². The molecular weight excluding hydrogens is 433 g/mol. The first kappa shape index (κ1) is 22.4. The van der Waals surface area contributed by atoms with Gasteiger partial charge in [-0.15, -0.1) is 24.0 Å². The van der Waals surface area contributed by atoms with Crippen LogP contribution in [0.2, 0.25) is 0 Å². The monoisotopic (exact) mass is 467 g/mol. The first-order valence-corrected chi connectivity index (χ1v) is 9.25. The molecule has 2 fully saturated rings. The van der Waals surface area contributed by atoms with Gasteiger partial charge in [-0.25, -0.2) is 0 Å². The summed E-state index contributed by atoms with van der Waals surface area (Å²) in [6, 6.07) is 0.363. The number of carbonyl (C=O) groups excluding carboxylic acids is 1. The number of aliphatic hydroxyl groups is 1. The molecule has 1 aliphatic carbocycles. The lowest BCUT2D eigenvalue weighted by Crippen LogP contribution is -2.50. The van der Waals surface area contributed by atoms with E-state index in [4.69, 9.17) is 0 Å². The van der Waals surface area contributed by atoms with Gasteiger partial charge in [0.15, 0.2) is 5.96 Å². The van der Waals surface area contributed by atoms with Gasteiger partial charge >= 0.3 is 0 Å². The van der Waals surface area contributed by atoms with Gasteiger partial charge in [-0.1, -0.05) is 12.8 Å². The Labute approximate surface area is 168 Å². The van der Waals surface area contributed by atoms with E-state index in [-0.39, 0.29) is 29.9 Å². The molecule has 7 nitrogen and oxygen atoms in total. The molecule has 0 spiro atoms. The summed E-state index contributed by atoms with van der Waals surface area (Å²) in [6.45, 7) is 5.62. The molecule has 25 heavy (non-hydrogen) atoms. The van der Waals surface area contributed by atoms with Crippen molar-refractivity contribution in [2.75, 3.05) is 39.8 Å². The minimum absolute atomic E-state index is 0. The summed E-state index contributed by atoms with van der Waals surface area (Å²) in [6.07, 6.45) is 5.89. The molecule has 4 N–H and O–H groups in total. The maximum Gasteiger partial charge on any atom is 0.233 e. The summed E-state index contributed by atoms with van der Waals surface area (Å²) in [4.78, 5) is 18.2. The van der Waals surface area contributed by atoms with Crippen molar-refractivity contribution >= 4 is 35.8 Å². The van der Waals surface area contributed by atoms with E-state index in [2.05, 4.69) is 25.8 Å². The molecule has 1 aliphatic heterocycles. The predicted octanol–water partition coefficient (Wildman–Crippen LogP) is 0.675. The number of rotatable bonds is 6. The molecule has 2 aliphatic rings. The maximum absolute atomic E-state index is 11.4. The van der Waals surface area contributed by atoms with Gasteiger partial charge in [-0.05, 0) is 32.6 Å². The van der Waals surface area contributed by atoms with Crippen LogP contribution in [0.3, 0.4) is 0 Å². The van der Waals surface area contributed by atoms with Crippen LogP contribution < -0.4 is 16.0 Å². The van der Waals surface area contributed by atoms with Gasteiger partial charge in [-0.2, -0.15) is 0 Å². The second-order valence-electron chi connectivity index (χ2n) is 6.99. The van der Waals surface area contributed by atoms with E-state index in [1.54, 1.807) is 7.05 Å². The van der Waals surface area contributed by atoms with Gasteiger partial charge < -0.3 is 21.1 Å². The lowest BCUT2D eigenvalue weighted by atomic mass is 10.0. The molecule has 1 saturated carbocycles. The average Bonchev–Trinajstić information content (AvgIpc) is 3.01. The number of guanidine groups is 1. The zero-order valence-corrected chi connectivity index (χ0v) is 17.8. The van der Waals surface area contributed by atoms with Crippen LogP contribution in [0.15, 0.2) is 4.99 Å². The highest BCUT2D eigenvalue weighted by Gasteiger charge is 2.31. The number of hydrogen-bond donors (Lipinski definition) is 4. The molecule has 2 rings (SSSR count). The van der Waals surface area contributed by atoms with Gasteiger partial charge in [-0.3, -0.25) is 14.7 Å². The third-order valence-corrected chi connectivity index (χ3v) is 4.98. The molecule has 0 aromatic heterocycles. The highest BCUT2D eigenvalue weighted by molar-refractivity contribution is 14.0. The third-order valence-electron chi connectivity index (χ3n) is 4.98. The van der Waals surface area contributed by atoms with E-state index >= 15 is 0 Å². The molecule has 1 saturated heterocycles. The maximum atomic E-state index is 11.4. The summed E-state index contributed by atoms with van der Waals surface area (Å²) < 4.78 is 0. The van der Waals surface area contributed by atoms with E-state index < -0.39 is 5.60 Å². The first-order valence-electron chi connectivity index (χ1n) is 9.25. The van der Waals surface area contributed by atoms with Crippen molar-refractivity contribution in [1.82, 2.24) is 20.9 Å². The lowest BCUT2D eigenvalue weighted by molar-refractivity contribution is -0.122. The van der Waals surface area contributed by atoms with E-state index in [0.717, 1.165) is 64.1 Å². The van der Waals surface area contributed by atoms with E-state index in [1.807, 2.05) is 6.92 Å². The van der Waals surface area contributed by atoms with Crippen LogP contribution in [-0.2, 0) is 4.79 Å². The summed E-state index contributed by atoms with van der Waals surface area (Å²) in [5.41, 5.74) is -0.612. The smallest absolute Gasteiger partial charge is 0.233 e. The number of hydrogen-bond acceptors (Lipinski definition) is 4. The van der Waals surface area contributed by atoms with Gasteiger partial charge in [0, 0.05) is 32.7 Å². The van der Waals surface area contributed by atoms with Gasteiger partial charge in [0.05, 0.1) is 18.7 Å². The molecule has 0 radical (unpaired) electrons. The first-order chi connectivity index (χ1) is 11.5. The topological polar surface area (TPSA) is 89.0 Å². The molecule has 0 aromatic carbocycles. The number of nitrogens with zero attached hydrogens (tertiary/aromatic N) is 2. The molecule has 0 aromatic rings. The quantitative estimate of drug-likeness (QED) is 0.262. The van der Waals surface area contributed by atoms with Crippen molar-refractivity contribution in [3.63, 3.8) is 0 Å². The number of piperidine rings is 1. The van der Waals surface area contributed by atoms with Crippen LogP contribution in [0.1, 0.15) is 45.4 Å². The Balaban J connectivity index is 0.00000312. The van der Waals surface area contributed by atoms with Crippen LogP contribution in [0.25, 0.3) is 0 Å². The molecular formula is C17H34IN5O2. The van der Waals surface area contributed by atoms with Gasteiger partial charge in [0.2, 0.25) is 5.91 Å². The Morgan fingerprint density at radius 2 is 1.92 bits per heavy atom. The predicted molar refractivity (Wildman–Crippen MR) is 111 cm³/mol. The minimum Gasteiger partial charge on any atom is -0.388 e. The Morgan fingerprint density at radius 1 is 1.28 bits per heavy atom. The zero-order chi connectivity index (χ0) is 17.4. The Hall–Kier alpha value is -0.610. The van der Waals surface area contributed by atoms with E-state index in [9.17, 15) is 9.90 Å². The van der Waals surface area contributed by atoms with Crippen molar-refractivity contribution in [1.29, 1.82) is 0 Å². The molecule has 1 amide bonds. The molecule has 0 unspecified atom stereocenters. The summed E-state index contributed by atoms with van der Waals surface area (Å²) in [7, 11) is 1.67. The second-order valence-corrected chi connectivity index (χ2v) is 6.99. The molecule has 0 atom stereocenters. The molecule has 146 valence electrons. The van der Waals surface area contributed by atoms with Crippen molar-refractivity contribution in [2.45, 2.75) is 57.1 Å². The third kappa shape index (κ3) is 7.65. The Morgan fingerprint density at radius 3 is 2.48 bits per heavy atom. The standard InChI is InChI=1S/C17H33N5O2.HI/c1-3-19-16(20-13-17(24)8-4-5-9-17)21-14-6-10-22(11-7-14)12-15(23)18-2;/h14,24H,3-13H2,1-2H3,(H,18,23)(H2,19,20,21);1H. The largest absolute Gasteiger partial charge is 0.388 e. The number of likely N-dealkylation sites (tertiary alicyclic amines) is 1. The lowest BCUT2D eigenvalue weighted by Gasteiger charge is -2.32. The highest BCUT2D eigenvalue weighted by Crippen LogP contribution is 2.29. The Kier molecular flexibility index (Phi) is 10.0. The number of likely N-dealkylation sites (N-methyl/N-ethyl adjacent to an activating group) is 1. The SMILES string of the molecule is CCNC(=NCC1(O)CCCC1)NC1CCN(CC(=O)NC)CC1.I. The summed E-state index contributed by atoms with van der Waals surface area (Å²) in [5.74, 6) is 0.865. The Bertz CT molecular complexity index is 433. The van der Waals surface area contributed by atoms with Crippen LogP contribution in [0.4, 0.5) is 0 Å². The highest BCUT2D eigenvalue weighted by atomic mass is 127. The normalized spacial score (nSPS) is 21.5. The fourth-order valence-corrected chi connectivity index (χ4v) is 3.45. The van der Waals surface area contributed by atoms with Gasteiger partial charge in [0.25, 0.3) is 0 Å².